The van der Waals surface area contributed by atoms with E-state index in [1.807, 2.05) is 0 Å². The second-order valence-corrected chi connectivity index (χ2v) is 7.38. The third-order valence-electron chi connectivity index (χ3n) is 5.20. The Morgan fingerprint density at radius 2 is 1.76 bits per heavy atom. The number of esters is 1. The lowest BCUT2D eigenvalue weighted by atomic mass is 9.91. The van der Waals surface area contributed by atoms with Crippen molar-refractivity contribution in [2.75, 3.05) is 13.2 Å². The molecule has 0 amide bonds. The minimum absolute atomic E-state index is 0.355. The Hall–Kier alpha value is -2.81. The summed E-state index contributed by atoms with van der Waals surface area (Å²) in [6, 6.07) is 17.1. The lowest BCUT2D eigenvalue weighted by molar-refractivity contribution is -0.137. The van der Waals surface area contributed by atoms with E-state index in [2.05, 4.69) is 61.2 Å². The Morgan fingerprint density at radius 1 is 0.966 bits per heavy atom. The molecule has 0 atom stereocenters. The third kappa shape index (κ3) is 6.63. The Labute approximate surface area is 174 Å². The molecule has 0 aromatic heterocycles. The molecule has 152 valence electrons. The fourth-order valence-corrected chi connectivity index (χ4v) is 3.60. The Kier molecular flexibility index (Phi) is 8.12. The summed E-state index contributed by atoms with van der Waals surface area (Å²) >= 11 is 0. The summed E-state index contributed by atoms with van der Waals surface area (Å²) in [7, 11) is 0. The van der Waals surface area contributed by atoms with Crippen molar-refractivity contribution in [3.05, 3.63) is 77.9 Å². The van der Waals surface area contributed by atoms with Crippen molar-refractivity contribution >= 4 is 17.6 Å². The molecule has 3 heteroatoms. The van der Waals surface area contributed by atoms with E-state index in [1.165, 1.54) is 41.2 Å². The van der Waals surface area contributed by atoms with Crippen LogP contribution >= 0.6 is 0 Å². The minimum Gasteiger partial charge on any atom is -0.494 e. The summed E-state index contributed by atoms with van der Waals surface area (Å²) in [4.78, 5) is 11.0. The number of hydrogen-bond acceptors (Lipinski definition) is 3. The maximum atomic E-state index is 11.0. The number of hydrogen-bond donors (Lipinski definition) is 0. The minimum atomic E-state index is -0.355. The van der Waals surface area contributed by atoms with Gasteiger partial charge < -0.3 is 9.47 Å². The van der Waals surface area contributed by atoms with Crippen LogP contribution in [0.5, 0.6) is 5.75 Å². The highest BCUT2D eigenvalue weighted by atomic mass is 16.5. The van der Waals surface area contributed by atoms with Gasteiger partial charge in [0, 0.05) is 6.08 Å². The molecule has 2 aromatic carbocycles. The fraction of sp³-hybridized carbons (Fsp3) is 0.346. The van der Waals surface area contributed by atoms with Crippen LogP contribution in [0.15, 0.2) is 61.2 Å². The number of unbranched alkanes of at least 4 members (excludes halogenated alkanes) is 2. The molecule has 0 saturated heterocycles. The second kappa shape index (κ2) is 11.3. The van der Waals surface area contributed by atoms with E-state index in [4.69, 9.17) is 9.47 Å². The summed E-state index contributed by atoms with van der Waals surface area (Å²) in [5.41, 5.74) is 5.41. The zero-order chi connectivity index (χ0) is 20.3. The van der Waals surface area contributed by atoms with Crippen LogP contribution in [-0.4, -0.2) is 19.2 Å². The van der Waals surface area contributed by atoms with Gasteiger partial charge in [-0.25, -0.2) is 4.79 Å². The molecule has 0 aliphatic heterocycles. The SMILES string of the molecule is C=CC(=O)OCCCCCOc1ccc2c(c1)CCCCC(c1ccccc1)=C2. The van der Waals surface area contributed by atoms with E-state index in [-0.39, 0.29) is 5.97 Å². The molecule has 1 aliphatic carbocycles. The molecular formula is C26H30O3. The zero-order valence-corrected chi connectivity index (χ0v) is 17.1. The third-order valence-corrected chi connectivity index (χ3v) is 5.20. The van der Waals surface area contributed by atoms with E-state index < -0.39 is 0 Å². The van der Waals surface area contributed by atoms with E-state index in [0.29, 0.717) is 13.2 Å². The number of allylic oxidation sites excluding steroid dienone is 1. The first-order chi connectivity index (χ1) is 14.3. The average molecular weight is 391 g/mol. The van der Waals surface area contributed by atoms with E-state index >= 15 is 0 Å². The van der Waals surface area contributed by atoms with Crippen molar-refractivity contribution in [2.24, 2.45) is 0 Å². The van der Waals surface area contributed by atoms with Gasteiger partial charge in [-0.15, -0.1) is 0 Å². The molecule has 1 aliphatic rings. The summed E-state index contributed by atoms with van der Waals surface area (Å²) in [6.07, 6.45) is 10.9. The quantitative estimate of drug-likeness (QED) is 0.289. The maximum absolute atomic E-state index is 11.0. The highest BCUT2D eigenvalue weighted by Gasteiger charge is 2.10. The van der Waals surface area contributed by atoms with Crippen molar-refractivity contribution in [3.63, 3.8) is 0 Å². The fourth-order valence-electron chi connectivity index (χ4n) is 3.60. The predicted molar refractivity (Wildman–Crippen MR) is 119 cm³/mol. The van der Waals surface area contributed by atoms with E-state index in [0.717, 1.165) is 37.9 Å². The molecule has 0 heterocycles. The van der Waals surface area contributed by atoms with E-state index in [9.17, 15) is 4.79 Å². The van der Waals surface area contributed by atoms with Gasteiger partial charge in [0.15, 0.2) is 0 Å². The monoisotopic (exact) mass is 390 g/mol. The van der Waals surface area contributed by atoms with Crippen LogP contribution in [0, 0.1) is 0 Å². The zero-order valence-electron chi connectivity index (χ0n) is 17.1. The number of fused-ring (bicyclic) bond motifs is 1. The van der Waals surface area contributed by atoms with Gasteiger partial charge in [0.25, 0.3) is 0 Å². The lowest BCUT2D eigenvalue weighted by Crippen LogP contribution is -2.03. The molecule has 0 spiro atoms. The van der Waals surface area contributed by atoms with E-state index in [1.54, 1.807) is 0 Å². The molecule has 0 bridgehead atoms. The first-order valence-corrected chi connectivity index (χ1v) is 10.6. The standard InChI is InChI=1S/C26H30O3/c1-2-26(27)29-18-10-4-9-17-28-25-16-15-24-19-22(21-11-5-3-6-12-21)13-7-8-14-23(24)20-25/h2-3,5-6,11-12,15-16,19-20H,1,4,7-10,13-14,17-18H2. The van der Waals surface area contributed by atoms with Crippen LogP contribution in [0.3, 0.4) is 0 Å². The normalized spacial score (nSPS) is 13.4. The van der Waals surface area contributed by atoms with Crippen molar-refractivity contribution in [3.8, 4) is 5.75 Å². The lowest BCUT2D eigenvalue weighted by Gasteiger charge is -2.16. The Balaban J connectivity index is 1.54. The van der Waals surface area contributed by atoms with Crippen LogP contribution in [0.1, 0.15) is 55.2 Å². The van der Waals surface area contributed by atoms with Gasteiger partial charge in [0.2, 0.25) is 0 Å². The van der Waals surface area contributed by atoms with Gasteiger partial charge in [0.1, 0.15) is 5.75 Å². The molecule has 0 saturated carbocycles. The molecule has 3 rings (SSSR count). The van der Waals surface area contributed by atoms with Gasteiger partial charge >= 0.3 is 5.97 Å². The Morgan fingerprint density at radius 3 is 2.59 bits per heavy atom. The molecular weight excluding hydrogens is 360 g/mol. The van der Waals surface area contributed by atoms with Gasteiger partial charge in [-0.05, 0) is 79.3 Å². The van der Waals surface area contributed by atoms with Gasteiger partial charge in [0.05, 0.1) is 13.2 Å². The van der Waals surface area contributed by atoms with Crippen molar-refractivity contribution in [2.45, 2.75) is 44.9 Å². The average Bonchev–Trinajstić information content (AvgIpc) is 2.74. The second-order valence-electron chi connectivity index (χ2n) is 7.38. The molecule has 0 fully saturated rings. The van der Waals surface area contributed by atoms with Crippen LogP contribution < -0.4 is 4.74 Å². The maximum Gasteiger partial charge on any atom is 0.330 e. The molecule has 2 aromatic rings. The topological polar surface area (TPSA) is 35.5 Å². The summed E-state index contributed by atoms with van der Waals surface area (Å²) in [5, 5.41) is 0. The molecule has 3 nitrogen and oxygen atoms in total. The number of rotatable bonds is 9. The number of benzene rings is 2. The smallest absolute Gasteiger partial charge is 0.330 e. The number of carbonyl (C=O) groups excluding carboxylic acids is 1. The predicted octanol–water partition coefficient (Wildman–Crippen LogP) is 6.23. The molecule has 0 N–H and O–H groups in total. The summed E-state index contributed by atoms with van der Waals surface area (Å²) in [6.45, 7) is 4.51. The summed E-state index contributed by atoms with van der Waals surface area (Å²) in [5.74, 6) is 0.587. The largest absolute Gasteiger partial charge is 0.494 e. The first-order valence-electron chi connectivity index (χ1n) is 10.6. The molecule has 0 radical (unpaired) electrons. The molecule has 29 heavy (non-hydrogen) atoms. The van der Waals surface area contributed by atoms with Crippen LogP contribution in [0.2, 0.25) is 0 Å². The summed E-state index contributed by atoms with van der Waals surface area (Å²) < 4.78 is 10.9. The van der Waals surface area contributed by atoms with Crippen molar-refractivity contribution in [1.82, 2.24) is 0 Å². The Bertz CT molecular complexity index is 836. The highest BCUT2D eigenvalue weighted by molar-refractivity contribution is 5.82. The molecule has 0 unspecified atom stereocenters. The first kappa shape index (κ1) is 20.9. The van der Waals surface area contributed by atoms with Crippen LogP contribution in [0.25, 0.3) is 11.6 Å². The van der Waals surface area contributed by atoms with Crippen molar-refractivity contribution < 1.29 is 14.3 Å². The number of carbonyl (C=O) groups is 1. The number of ether oxygens (including phenoxy) is 2. The highest BCUT2D eigenvalue weighted by Crippen LogP contribution is 2.30. The van der Waals surface area contributed by atoms with Crippen molar-refractivity contribution in [1.29, 1.82) is 0 Å². The van der Waals surface area contributed by atoms with Gasteiger partial charge in [-0.1, -0.05) is 49.1 Å². The van der Waals surface area contributed by atoms with Gasteiger partial charge in [-0.2, -0.15) is 0 Å². The van der Waals surface area contributed by atoms with Crippen LogP contribution in [-0.2, 0) is 16.0 Å². The van der Waals surface area contributed by atoms with Crippen LogP contribution in [0.4, 0.5) is 0 Å². The number of aryl methyl sites for hydroxylation is 1. The van der Waals surface area contributed by atoms with Gasteiger partial charge in [-0.3, -0.25) is 0 Å².